The Morgan fingerprint density at radius 2 is 2.22 bits per heavy atom. The molecule has 0 spiro atoms. The lowest BCUT2D eigenvalue weighted by atomic mass is 10.2. The first-order valence-electron chi connectivity index (χ1n) is 5.90. The van der Waals surface area contributed by atoms with Crippen molar-refractivity contribution >= 4 is 22.8 Å². The second-order valence-corrected chi connectivity index (χ2v) is 5.56. The smallest absolute Gasteiger partial charge is 0.245 e. The van der Waals surface area contributed by atoms with Gasteiger partial charge in [0.1, 0.15) is 12.2 Å². The second kappa shape index (κ2) is 3.82. The van der Waals surface area contributed by atoms with Gasteiger partial charge in [-0.3, -0.25) is 0 Å². The molecule has 1 fully saturated rings. The molecule has 96 valence electrons. The Hall–Kier alpha value is -1.36. The molecule has 0 amide bonds. The average Bonchev–Trinajstić information content (AvgIpc) is 2.84. The number of hydrogen-bond donors (Lipinski definition) is 0. The van der Waals surface area contributed by atoms with Crippen LogP contribution >= 0.6 is 11.6 Å². The van der Waals surface area contributed by atoms with E-state index in [2.05, 4.69) is 33.4 Å². The van der Waals surface area contributed by atoms with Crippen LogP contribution in [0.2, 0.25) is 0 Å². The molecule has 2 aromatic heterocycles. The normalized spacial score (nSPS) is 21.2. The maximum Gasteiger partial charge on any atom is 0.245 e. The van der Waals surface area contributed by atoms with Crippen LogP contribution in [0.25, 0.3) is 11.2 Å². The maximum absolute atomic E-state index is 5.99. The minimum atomic E-state index is 0.284. The molecule has 2 heterocycles. The molecule has 1 unspecified atom stereocenters. The van der Waals surface area contributed by atoms with Crippen LogP contribution in [-0.4, -0.2) is 26.6 Å². The van der Waals surface area contributed by atoms with Crippen LogP contribution in [0.4, 0.5) is 0 Å². The van der Waals surface area contributed by atoms with Gasteiger partial charge in [0.25, 0.3) is 0 Å². The minimum absolute atomic E-state index is 0.284. The van der Waals surface area contributed by atoms with Crippen molar-refractivity contribution in [2.75, 3.05) is 7.11 Å². The molecule has 1 saturated carbocycles. The highest BCUT2D eigenvalue weighted by molar-refractivity contribution is 6.16. The van der Waals surface area contributed by atoms with E-state index in [-0.39, 0.29) is 5.41 Å². The summed E-state index contributed by atoms with van der Waals surface area (Å²) in [5, 5.41) is 0. The van der Waals surface area contributed by atoms with Gasteiger partial charge in [-0.25, -0.2) is 9.97 Å². The number of fused-ring (bicyclic) bond motifs is 1. The standard InChI is InChI=1S/C12H15ClN4O/c1-12(2)4-7(12)17-8(5-13)16-9-10(17)14-6-15-11(9)18-3/h6-7H,4-5H2,1-3H3. The molecular weight excluding hydrogens is 252 g/mol. The van der Waals surface area contributed by atoms with E-state index >= 15 is 0 Å². The number of aromatic nitrogens is 4. The lowest BCUT2D eigenvalue weighted by molar-refractivity contribution is 0.401. The Balaban J connectivity index is 2.23. The highest BCUT2D eigenvalue weighted by Crippen LogP contribution is 2.56. The fourth-order valence-corrected chi connectivity index (χ4v) is 2.57. The molecule has 0 bridgehead atoms. The van der Waals surface area contributed by atoms with E-state index in [1.54, 1.807) is 7.11 Å². The van der Waals surface area contributed by atoms with Crippen molar-refractivity contribution in [2.24, 2.45) is 5.41 Å². The van der Waals surface area contributed by atoms with Crippen molar-refractivity contribution < 1.29 is 4.74 Å². The first-order chi connectivity index (χ1) is 8.58. The predicted octanol–water partition coefficient (Wildman–Crippen LogP) is 2.54. The molecule has 1 aliphatic carbocycles. The van der Waals surface area contributed by atoms with Gasteiger partial charge >= 0.3 is 0 Å². The highest BCUT2D eigenvalue weighted by atomic mass is 35.5. The summed E-state index contributed by atoms with van der Waals surface area (Å²) in [5.74, 6) is 1.70. The van der Waals surface area contributed by atoms with E-state index in [1.165, 1.54) is 6.33 Å². The van der Waals surface area contributed by atoms with Crippen LogP contribution < -0.4 is 4.74 Å². The average molecular weight is 267 g/mol. The molecule has 5 nitrogen and oxygen atoms in total. The fourth-order valence-electron chi connectivity index (χ4n) is 2.38. The molecular formula is C12H15ClN4O. The van der Waals surface area contributed by atoms with E-state index in [0.717, 1.165) is 17.9 Å². The van der Waals surface area contributed by atoms with Crippen LogP contribution in [0.15, 0.2) is 6.33 Å². The summed E-state index contributed by atoms with van der Waals surface area (Å²) in [4.78, 5) is 12.9. The van der Waals surface area contributed by atoms with Crippen molar-refractivity contribution in [1.29, 1.82) is 0 Å². The summed E-state index contributed by atoms with van der Waals surface area (Å²) in [5.41, 5.74) is 1.79. The zero-order valence-corrected chi connectivity index (χ0v) is 11.4. The molecule has 0 radical (unpaired) electrons. The molecule has 6 heteroatoms. The lowest BCUT2D eigenvalue weighted by Gasteiger charge is -2.08. The predicted molar refractivity (Wildman–Crippen MR) is 68.9 cm³/mol. The summed E-state index contributed by atoms with van der Waals surface area (Å²) >= 11 is 5.99. The Kier molecular flexibility index (Phi) is 2.48. The summed E-state index contributed by atoms with van der Waals surface area (Å²) in [6, 6.07) is 0.413. The molecule has 2 aromatic rings. The third kappa shape index (κ3) is 1.57. The number of methoxy groups -OCH3 is 1. The number of imidazole rings is 1. The van der Waals surface area contributed by atoms with Crippen LogP contribution in [0, 0.1) is 5.41 Å². The fraction of sp³-hybridized carbons (Fsp3) is 0.583. The first kappa shape index (κ1) is 11.7. The van der Waals surface area contributed by atoms with Crippen LogP contribution in [0.5, 0.6) is 5.88 Å². The van der Waals surface area contributed by atoms with Crippen LogP contribution in [0.1, 0.15) is 32.1 Å². The Morgan fingerprint density at radius 3 is 2.78 bits per heavy atom. The zero-order valence-electron chi connectivity index (χ0n) is 10.6. The Morgan fingerprint density at radius 1 is 1.50 bits per heavy atom. The molecule has 3 rings (SSSR count). The molecule has 0 N–H and O–H groups in total. The molecule has 0 aliphatic heterocycles. The quantitative estimate of drug-likeness (QED) is 0.801. The van der Waals surface area contributed by atoms with E-state index in [9.17, 15) is 0 Å². The van der Waals surface area contributed by atoms with Crippen LogP contribution in [0.3, 0.4) is 0 Å². The van der Waals surface area contributed by atoms with Gasteiger partial charge in [0.2, 0.25) is 5.88 Å². The monoisotopic (exact) mass is 266 g/mol. The number of halogens is 1. The van der Waals surface area contributed by atoms with E-state index < -0.39 is 0 Å². The van der Waals surface area contributed by atoms with E-state index in [0.29, 0.717) is 23.3 Å². The van der Waals surface area contributed by atoms with E-state index in [1.807, 2.05) is 0 Å². The number of rotatable bonds is 3. The van der Waals surface area contributed by atoms with Crippen molar-refractivity contribution in [1.82, 2.24) is 19.5 Å². The Labute approximate surface area is 110 Å². The Bertz CT molecular complexity index is 607. The SMILES string of the molecule is COc1ncnc2c1nc(CCl)n2C1CC1(C)C. The molecule has 0 aromatic carbocycles. The van der Waals surface area contributed by atoms with Crippen molar-refractivity contribution in [3.8, 4) is 5.88 Å². The minimum Gasteiger partial charge on any atom is -0.479 e. The van der Waals surface area contributed by atoms with Gasteiger partial charge in [-0.05, 0) is 11.8 Å². The number of nitrogens with zero attached hydrogens (tertiary/aromatic N) is 4. The summed E-state index contributed by atoms with van der Waals surface area (Å²) in [7, 11) is 1.59. The molecule has 0 saturated heterocycles. The third-order valence-electron chi connectivity index (χ3n) is 3.60. The summed E-state index contributed by atoms with van der Waals surface area (Å²) in [6.45, 7) is 4.47. The van der Waals surface area contributed by atoms with Crippen LogP contribution in [-0.2, 0) is 5.88 Å². The number of ether oxygens (including phenoxy) is 1. The van der Waals surface area contributed by atoms with Gasteiger partial charge in [0.15, 0.2) is 11.2 Å². The first-order valence-corrected chi connectivity index (χ1v) is 6.43. The van der Waals surface area contributed by atoms with Gasteiger partial charge < -0.3 is 9.30 Å². The van der Waals surface area contributed by atoms with E-state index in [4.69, 9.17) is 16.3 Å². The molecule has 18 heavy (non-hydrogen) atoms. The topological polar surface area (TPSA) is 52.8 Å². The zero-order chi connectivity index (χ0) is 12.9. The molecule has 1 atom stereocenters. The van der Waals surface area contributed by atoms with Crippen molar-refractivity contribution in [3.63, 3.8) is 0 Å². The van der Waals surface area contributed by atoms with Crippen molar-refractivity contribution in [3.05, 3.63) is 12.2 Å². The third-order valence-corrected chi connectivity index (χ3v) is 3.84. The summed E-state index contributed by atoms with van der Waals surface area (Å²) < 4.78 is 7.35. The van der Waals surface area contributed by atoms with Gasteiger partial charge in [-0.2, -0.15) is 4.98 Å². The molecule has 1 aliphatic rings. The van der Waals surface area contributed by atoms with Gasteiger partial charge in [-0.1, -0.05) is 13.8 Å². The van der Waals surface area contributed by atoms with Crippen molar-refractivity contribution in [2.45, 2.75) is 32.2 Å². The highest BCUT2D eigenvalue weighted by Gasteiger charge is 2.48. The lowest BCUT2D eigenvalue weighted by Crippen LogP contribution is -2.05. The number of hydrogen-bond acceptors (Lipinski definition) is 4. The summed E-state index contributed by atoms with van der Waals surface area (Å²) in [6.07, 6.45) is 2.63. The van der Waals surface area contributed by atoms with Gasteiger partial charge in [-0.15, -0.1) is 11.6 Å². The largest absolute Gasteiger partial charge is 0.479 e. The van der Waals surface area contributed by atoms with Gasteiger partial charge in [0.05, 0.1) is 13.0 Å². The van der Waals surface area contributed by atoms with Gasteiger partial charge in [0, 0.05) is 6.04 Å². The maximum atomic E-state index is 5.99. The second-order valence-electron chi connectivity index (χ2n) is 5.30. The number of alkyl halides is 1.